The van der Waals surface area contributed by atoms with E-state index in [4.69, 9.17) is 16.3 Å². The number of rotatable bonds is 4. The van der Waals surface area contributed by atoms with E-state index in [1.165, 1.54) is 0 Å². The summed E-state index contributed by atoms with van der Waals surface area (Å²) in [5.74, 6) is 0.573. The van der Waals surface area contributed by atoms with Crippen molar-refractivity contribution < 1.29 is 4.74 Å². The van der Waals surface area contributed by atoms with Gasteiger partial charge < -0.3 is 4.74 Å². The summed E-state index contributed by atoms with van der Waals surface area (Å²) in [5.41, 5.74) is 1.68. The Bertz CT molecular complexity index is 541. The van der Waals surface area contributed by atoms with E-state index in [0.29, 0.717) is 11.0 Å². The van der Waals surface area contributed by atoms with Gasteiger partial charge in [0.05, 0.1) is 11.9 Å². The fourth-order valence-electron chi connectivity index (χ4n) is 1.54. The number of aryl methyl sites for hydroxylation is 1. The van der Waals surface area contributed by atoms with Crippen LogP contribution in [-0.4, -0.2) is 26.9 Å². The second-order valence-corrected chi connectivity index (χ2v) is 4.28. The summed E-state index contributed by atoms with van der Waals surface area (Å²) >= 11 is 6.01. The highest BCUT2D eigenvalue weighted by molar-refractivity contribution is 6.29. The Morgan fingerprint density at radius 2 is 2.22 bits per heavy atom. The molecule has 0 aliphatic carbocycles. The molecular formula is C12H15ClN4O. The van der Waals surface area contributed by atoms with Crippen LogP contribution >= 0.6 is 11.6 Å². The van der Waals surface area contributed by atoms with Gasteiger partial charge in [0.25, 0.3) is 0 Å². The Balaban J connectivity index is 2.41. The van der Waals surface area contributed by atoms with E-state index in [9.17, 15) is 0 Å². The fraction of sp³-hybridized carbons (Fsp3) is 0.417. The van der Waals surface area contributed by atoms with Crippen molar-refractivity contribution in [3.05, 3.63) is 29.4 Å². The Labute approximate surface area is 111 Å². The van der Waals surface area contributed by atoms with Crippen LogP contribution in [0.1, 0.15) is 25.8 Å². The summed E-state index contributed by atoms with van der Waals surface area (Å²) in [7, 11) is 1.61. The van der Waals surface area contributed by atoms with E-state index in [0.717, 1.165) is 17.8 Å². The third-order valence-electron chi connectivity index (χ3n) is 2.68. The lowest BCUT2D eigenvalue weighted by atomic mass is 10.2. The van der Waals surface area contributed by atoms with Gasteiger partial charge in [0.1, 0.15) is 11.3 Å². The molecule has 0 bridgehead atoms. The van der Waals surface area contributed by atoms with Gasteiger partial charge in [0.2, 0.25) is 0 Å². The minimum atomic E-state index is -0.191. The van der Waals surface area contributed by atoms with Gasteiger partial charge >= 0.3 is 0 Å². The Morgan fingerprint density at radius 1 is 1.44 bits per heavy atom. The van der Waals surface area contributed by atoms with E-state index >= 15 is 0 Å². The van der Waals surface area contributed by atoms with Crippen LogP contribution < -0.4 is 0 Å². The van der Waals surface area contributed by atoms with Gasteiger partial charge in [0.15, 0.2) is 5.82 Å². The molecule has 0 unspecified atom stereocenters. The Hall–Kier alpha value is -1.46. The second kappa shape index (κ2) is 5.46. The summed E-state index contributed by atoms with van der Waals surface area (Å²) in [4.78, 5) is 8.61. The molecule has 0 aliphatic heterocycles. The quantitative estimate of drug-likeness (QED) is 0.799. The highest BCUT2D eigenvalue weighted by atomic mass is 35.5. The zero-order chi connectivity index (χ0) is 13.1. The molecule has 0 saturated carbocycles. The Morgan fingerprint density at radius 3 is 2.83 bits per heavy atom. The summed E-state index contributed by atoms with van der Waals surface area (Å²) in [6.45, 7) is 4.73. The summed E-state index contributed by atoms with van der Waals surface area (Å²) < 4.78 is 7.04. The molecule has 2 aromatic heterocycles. The number of halogens is 1. The molecule has 1 atom stereocenters. The maximum Gasteiger partial charge on any atom is 0.159 e. The average Bonchev–Trinajstić information content (AvgIpc) is 2.85. The van der Waals surface area contributed by atoms with Crippen molar-refractivity contribution in [2.24, 2.45) is 0 Å². The number of hydrogen-bond acceptors (Lipinski definition) is 4. The van der Waals surface area contributed by atoms with Gasteiger partial charge in [-0.3, -0.25) is 4.68 Å². The molecule has 0 radical (unpaired) electrons. The van der Waals surface area contributed by atoms with Crippen molar-refractivity contribution in [3.8, 4) is 11.3 Å². The molecule has 2 rings (SSSR count). The van der Waals surface area contributed by atoms with E-state index in [2.05, 4.69) is 15.1 Å². The third-order valence-corrected chi connectivity index (χ3v) is 2.88. The van der Waals surface area contributed by atoms with Crippen LogP contribution in [0.25, 0.3) is 11.3 Å². The van der Waals surface area contributed by atoms with Crippen LogP contribution in [0.4, 0.5) is 0 Å². The van der Waals surface area contributed by atoms with Gasteiger partial charge in [0, 0.05) is 31.5 Å². The number of methoxy groups -OCH3 is 1. The minimum absolute atomic E-state index is 0.191. The van der Waals surface area contributed by atoms with Crippen LogP contribution in [0.15, 0.2) is 18.5 Å². The first-order valence-electron chi connectivity index (χ1n) is 5.74. The van der Waals surface area contributed by atoms with Crippen molar-refractivity contribution in [1.29, 1.82) is 0 Å². The topological polar surface area (TPSA) is 52.8 Å². The highest BCUT2D eigenvalue weighted by Gasteiger charge is 2.12. The molecular weight excluding hydrogens is 252 g/mol. The first-order chi connectivity index (χ1) is 8.63. The molecule has 6 heteroatoms. The van der Waals surface area contributed by atoms with Gasteiger partial charge in [-0.2, -0.15) is 5.10 Å². The number of aromatic nitrogens is 4. The van der Waals surface area contributed by atoms with Crippen LogP contribution in [0.3, 0.4) is 0 Å². The van der Waals surface area contributed by atoms with E-state index in [1.54, 1.807) is 19.4 Å². The lowest BCUT2D eigenvalue weighted by Crippen LogP contribution is -2.03. The molecule has 0 spiro atoms. The molecule has 2 heterocycles. The summed E-state index contributed by atoms with van der Waals surface area (Å²) in [6, 6.07) is 1.73. The maximum absolute atomic E-state index is 6.01. The average molecular weight is 267 g/mol. The normalized spacial score (nSPS) is 12.7. The van der Waals surface area contributed by atoms with Gasteiger partial charge in [-0.15, -0.1) is 0 Å². The Kier molecular flexibility index (Phi) is 3.93. The standard InChI is InChI=1S/C12H15ClN4O/c1-4-17-7-9(6-14-17)10-5-11(13)16-12(15-10)8(2)18-3/h5-8H,4H2,1-3H3/t8-/m1/s1. The van der Waals surface area contributed by atoms with Crippen LogP contribution in [-0.2, 0) is 11.3 Å². The molecule has 0 aromatic carbocycles. The third kappa shape index (κ3) is 2.68. The zero-order valence-corrected chi connectivity index (χ0v) is 11.3. The lowest BCUT2D eigenvalue weighted by molar-refractivity contribution is 0.112. The fourth-order valence-corrected chi connectivity index (χ4v) is 1.73. The van der Waals surface area contributed by atoms with Crippen LogP contribution in [0.2, 0.25) is 5.15 Å². The lowest BCUT2D eigenvalue weighted by Gasteiger charge is -2.09. The number of hydrogen-bond donors (Lipinski definition) is 0. The van der Waals surface area contributed by atoms with E-state index < -0.39 is 0 Å². The van der Waals surface area contributed by atoms with Crippen LogP contribution in [0.5, 0.6) is 0 Å². The molecule has 5 nitrogen and oxygen atoms in total. The molecule has 18 heavy (non-hydrogen) atoms. The first kappa shape index (κ1) is 13.0. The molecule has 0 amide bonds. The zero-order valence-electron chi connectivity index (χ0n) is 10.6. The molecule has 0 N–H and O–H groups in total. The molecule has 0 fully saturated rings. The monoisotopic (exact) mass is 266 g/mol. The van der Waals surface area contributed by atoms with E-state index in [1.807, 2.05) is 24.7 Å². The van der Waals surface area contributed by atoms with Gasteiger partial charge in [-0.05, 0) is 13.8 Å². The summed E-state index contributed by atoms with van der Waals surface area (Å²) in [6.07, 6.45) is 3.51. The molecule has 0 aliphatic rings. The number of ether oxygens (including phenoxy) is 1. The number of nitrogens with zero attached hydrogens (tertiary/aromatic N) is 4. The van der Waals surface area contributed by atoms with Gasteiger partial charge in [-0.1, -0.05) is 11.6 Å². The molecule has 0 saturated heterocycles. The predicted octanol–water partition coefficient (Wildman–Crippen LogP) is 2.72. The summed E-state index contributed by atoms with van der Waals surface area (Å²) in [5, 5.41) is 4.62. The predicted molar refractivity (Wildman–Crippen MR) is 69.4 cm³/mol. The van der Waals surface area contributed by atoms with Crippen molar-refractivity contribution in [2.45, 2.75) is 26.5 Å². The van der Waals surface area contributed by atoms with E-state index in [-0.39, 0.29) is 6.10 Å². The largest absolute Gasteiger partial charge is 0.374 e. The van der Waals surface area contributed by atoms with Crippen molar-refractivity contribution in [2.75, 3.05) is 7.11 Å². The van der Waals surface area contributed by atoms with Crippen molar-refractivity contribution in [3.63, 3.8) is 0 Å². The van der Waals surface area contributed by atoms with Gasteiger partial charge in [-0.25, -0.2) is 9.97 Å². The minimum Gasteiger partial charge on any atom is -0.374 e. The second-order valence-electron chi connectivity index (χ2n) is 3.90. The first-order valence-corrected chi connectivity index (χ1v) is 6.12. The smallest absolute Gasteiger partial charge is 0.159 e. The van der Waals surface area contributed by atoms with Crippen molar-refractivity contribution >= 4 is 11.6 Å². The van der Waals surface area contributed by atoms with Crippen LogP contribution in [0, 0.1) is 0 Å². The maximum atomic E-state index is 6.01. The molecule has 2 aromatic rings. The van der Waals surface area contributed by atoms with Crippen molar-refractivity contribution in [1.82, 2.24) is 19.7 Å². The SMILES string of the molecule is CCn1cc(-c2cc(Cl)nc([C@@H](C)OC)n2)cn1. The molecule has 96 valence electrons. The highest BCUT2D eigenvalue weighted by Crippen LogP contribution is 2.22.